The first-order valence-electron chi connectivity index (χ1n) is 5.81. The zero-order valence-electron chi connectivity index (χ0n) is 9.56. The molecule has 1 saturated heterocycles. The first kappa shape index (κ1) is 11.4. The van der Waals surface area contributed by atoms with Gasteiger partial charge in [0.15, 0.2) is 0 Å². The minimum absolute atomic E-state index is 0.0987. The monoisotopic (exact) mass is 226 g/mol. The predicted molar refractivity (Wildman–Crippen MR) is 58.6 cm³/mol. The largest absolute Gasteiger partial charge is 0.411 e. The highest BCUT2D eigenvalue weighted by Gasteiger charge is 2.32. The van der Waals surface area contributed by atoms with E-state index in [1.807, 2.05) is 7.05 Å². The van der Waals surface area contributed by atoms with E-state index >= 15 is 0 Å². The number of oxime groups is 1. The molecule has 1 heterocycles. The van der Waals surface area contributed by atoms with Crippen molar-refractivity contribution in [2.45, 2.75) is 44.3 Å². The predicted octanol–water partition coefficient (Wildman–Crippen LogP) is 1.01. The average molecular weight is 226 g/mol. The van der Waals surface area contributed by atoms with Gasteiger partial charge in [-0.2, -0.15) is 0 Å². The van der Waals surface area contributed by atoms with E-state index in [1.54, 1.807) is 4.90 Å². The number of amides is 1. The number of rotatable bonds is 2. The molecular formula is C11H18N2O3. The van der Waals surface area contributed by atoms with E-state index in [0.717, 1.165) is 44.4 Å². The van der Waals surface area contributed by atoms with Crippen molar-refractivity contribution in [3.05, 3.63) is 0 Å². The van der Waals surface area contributed by atoms with Gasteiger partial charge >= 0.3 is 0 Å². The quantitative estimate of drug-likeness (QED) is 0.564. The maximum absolute atomic E-state index is 11.6. The summed E-state index contributed by atoms with van der Waals surface area (Å²) < 4.78 is 5.80. The van der Waals surface area contributed by atoms with Crippen LogP contribution < -0.4 is 0 Å². The van der Waals surface area contributed by atoms with Crippen LogP contribution in [0.15, 0.2) is 5.16 Å². The second kappa shape index (κ2) is 4.82. The Kier molecular flexibility index (Phi) is 3.43. The second-order valence-electron chi connectivity index (χ2n) is 4.54. The Morgan fingerprint density at radius 1 is 1.38 bits per heavy atom. The first-order valence-corrected chi connectivity index (χ1v) is 5.81. The highest BCUT2D eigenvalue weighted by atomic mass is 16.5. The number of likely N-dealkylation sites (N-methyl/N-ethyl adjacent to an activating group) is 1. The molecule has 5 heteroatoms. The highest BCUT2D eigenvalue weighted by Crippen LogP contribution is 2.23. The van der Waals surface area contributed by atoms with E-state index in [0.29, 0.717) is 0 Å². The van der Waals surface area contributed by atoms with E-state index in [-0.39, 0.29) is 18.1 Å². The molecule has 1 unspecified atom stereocenters. The Hall–Kier alpha value is -1.10. The van der Waals surface area contributed by atoms with Crippen LogP contribution in [0, 0.1) is 0 Å². The standard InChI is InChI=1S/C11H18N2O3/c1-13-7-6-10(11(13)14)16-9-4-2-8(12-15)3-5-9/h9-10,15H,2-7H2,1H3. The zero-order valence-corrected chi connectivity index (χ0v) is 9.56. The second-order valence-corrected chi connectivity index (χ2v) is 4.54. The summed E-state index contributed by atoms with van der Waals surface area (Å²) in [6.45, 7) is 0.791. The fourth-order valence-electron chi connectivity index (χ4n) is 2.31. The maximum Gasteiger partial charge on any atom is 0.251 e. The first-order chi connectivity index (χ1) is 7.70. The van der Waals surface area contributed by atoms with E-state index in [9.17, 15) is 4.79 Å². The van der Waals surface area contributed by atoms with Crippen molar-refractivity contribution in [1.82, 2.24) is 4.90 Å². The van der Waals surface area contributed by atoms with Gasteiger partial charge in [-0.3, -0.25) is 4.79 Å². The molecule has 16 heavy (non-hydrogen) atoms. The van der Waals surface area contributed by atoms with Crippen LogP contribution >= 0.6 is 0 Å². The summed E-state index contributed by atoms with van der Waals surface area (Å²) >= 11 is 0. The third-order valence-electron chi connectivity index (χ3n) is 3.39. The number of ether oxygens (including phenoxy) is 1. The molecule has 0 aromatic carbocycles. The van der Waals surface area contributed by atoms with Gasteiger partial charge in [0, 0.05) is 20.0 Å². The third-order valence-corrected chi connectivity index (χ3v) is 3.39. The summed E-state index contributed by atoms with van der Waals surface area (Å²) in [4.78, 5) is 13.4. The van der Waals surface area contributed by atoms with Crippen molar-refractivity contribution in [1.29, 1.82) is 0 Å². The van der Waals surface area contributed by atoms with E-state index in [1.165, 1.54) is 0 Å². The van der Waals surface area contributed by atoms with Gasteiger partial charge in [-0.25, -0.2) is 0 Å². The minimum atomic E-state index is -0.248. The van der Waals surface area contributed by atoms with Gasteiger partial charge in [-0.15, -0.1) is 0 Å². The van der Waals surface area contributed by atoms with Crippen LogP contribution in [0.3, 0.4) is 0 Å². The Morgan fingerprint density at radius 2 is 2.06 bits per heavy atom. The topological polar surface area (TPSA) is 62.1 Å². The van der Waals surface area contributed by atoms with Crippen molar-refractivity contribution < 1.29 is 14.7 Å². The van der Waals surface area contributed by atoms with Gasteiger partial charge in [-0.05, 0) is 25.7 Å². The molecule has 1 aliphatic heterocycles. The molecule has 2 fully saturated rings. The van der Waals surface area contributed by atoms with E-state index < -0.39 is 0 Å². The maximum atomic E-state index is 11.6. The van der Waals surface area contributed by atoms with Crippen LogP contribution in [0.2, 0.25) is 0 Å². The molecule has 2 aliphatic rings. The van der Waals surface area contributed by atoms with Gasteiger partial charge in [0.2, 0.25) is 0 Å². The molecule has 1 amide bonds. The molecular weight excluding hydrogens is 208 g/mol. The minimum Gasteiger partial charge on any atom is -0.411 e. The van der Waals surface area contributed by atoms with Crippen LogP contribution in [0.25, 0.3) is 0 Å². The number of carbonyl (C=O) groups is 1. The SMILES string of the molecule is CN1CCC(OC2CCC(=NO)CC2)C1=O. The van der Waals surface area contributed by atoms with Crippen molar-refractivity contribution in [3.63, 3.8) is 0 Å². The Bertz CT molecular complexity index is 294. The van der Waals surface area contributed by atoms with Crippen molar-refractivity contribution in [2.24, 2.45) is 5.16 Å². The lowest BCUT2D eigenvalue weighted by atomic mass is 9.95. The lowest BCUT2D eigenvalue weighted by Crippen LogP contribution is -2.32. The molecule has 0 aromatic rings. The number of hydrogen-bond donors (Lipinski definition) is 1. The molecule has 0 spiro atoms. The number of nitrogens with zero attached hydrogens (tertiary/aromatic N) is 2. The molecule has 0 aromatic heterocycles. The van der Waals surface area contributed by atoms with Gasteiger partial charge < -0.3 is 14.8 Å². The summed E-state index contributed by atoms with van der Waals surface area (Å²) in [5.74, 6) is 0.0987. The van der Waals surface area contributed by atoms with Crippen molar-refractivity contribution >= 4 is 11.6 Å². The van der Waals surface area contributed by atoms with Crippen LogP contribution in [-0.2, 0) is 9.53 Å². The number of carbonyl (C=O) groups excluding carboxylic acids is 1. The van der Waals surface area contributed by atoms with E-state index in [4.69, 9.17) is 9.94 Å². The molecule has 1 atom stereocenters. The average Bonchev–Trinajstić information content (AvgIpc) is 2.62. The third kappa shape index (κ3) is 2.35. The van der Waals surface area contributed by atoms with Crippen molar-refractivity contribution in [2.75, 3.05) is 13.6 Å². The smallest absolute Gasteiger partial charge is 0.251 e. The number of likely N-dealkylation sites (tertiary alicyclic amines) is 1. The molecule has 5 nitrogen and oxygen atoms in total. The van der Waals surface area contributed by atoms with Gasteiger partial charge in [-0.1, -0.05) is 5.16 Å². The molecule has 0 bridgehead atoms. The normalized spacial score (nSPS) is 30.9. The van der Waals surface area contributed by atoms with Crippen molar-refractivity contribution in [3.8, 4) is 0 Å². The van der Waals surface area contributed by atoms with Crippen LogP contribution in [-0.4, -0.2) is 47.5 Å². The summed E-state index contributed by atoms with van der Waals surface area (Å²) in [7, 11) is 1.81. The van der Waals surface area contributed by atoms with Crippen LogP contribution in [0.4, 0.5) is 0 Å². The highest BCUT2D eigenvalue weighted by molar-refractivity contribution is 5.84. The molecule has 1 N–H and O–H groups in total. The fourth-order valence-corrected chi connectivity index (χ4v) is 2.31. The molecule has 0 radical (unpaired) electrons. The molecule has 1 aliphatic carbocycles. The summed E-state index contributed by atoms with van der Waals surface area (Å²) in [5.41, 5.74) is 0.842. The zero-order chi connectivity index (χ0) is 11.5. The summed E-state index contributed by atoms with van der Waals surface area (Å²) in [6, 6.07) is 0. The summed E-state index contributed by atoms with van der Waals surface area (Å²) in [6.07, 6.45) is 3.95. The van der Waals surface area contributed by atoms with Gasteiger partial charge in [0.05, 0.1) is 11.8 Å². The molecule has 90 valence electrons. The van der Waals surface area contributed by atoms with Crippen LogP contribution in [0.1, 0.15) is 32.1 Å². The number of hydrogen-bond acceptors (Lipinski definition) is 4. The Morgan fingerprint density at radius 3 is 2.56 bits per heavy atom. The van der Waals surface area contributed by atoms with Crippen LogP contribution in [0.5, 0.6) is 0 Å². The lowest BCUT2D eigenvalue weighted by Gasteiger charge is -2.25. The summed E-state index contributed by atoms with van der Waals surface area (Å²) in [5, 5.41) is 11.9. The van der Waals surface area contributed by atoms with E-state index in [2.05, 4.69) is 5.16 Å². The van der Waals surface area contributed by atoms with Gasteiger partial charge in [0.1, 0.15) is 6.10 Å². The Labute approximate surface area is 95.1 Å². The Balaban J connectivity index is 1.81. The molecule has 1 saturated carbocycles. The fraction of sp³-hybridized carbons (Fsp3) is 0.818. The lowest BCUT2D eigenvalue weighted by molar-refractivity contribution is -0.140. The van der Waals surface area contributed by atoms with Gasteiger partial charge in [0.25, 0.3) is 5.91 Å². The molecule has 2 rings (SSSR count).